The zero-order valence-electron chi connectivity index (χ0n) is 24.7. The second kappa shape index (κ2) is 29.0. The quantitative estimate of drug-likeness (QED) is 0.0878. The van der Waals surface area contributed by atoms with E-state index >= 15 is 0 Å². The maximum Gasteiger partial charge on any atom is 0.338 e. The summed E-state index contributed by atoms with van der Waals surface area (Å²) in [7, 11) is 1.31. The molecule has 0 atom stereocenters. The Kier molecular flexibility index (Phi) is 26.2. The summed E-state index contributed by atoms with van der Waals surface area (Å²) < 4.78 is 59.0. The highest BCUT2D eigenvalue weighted by Gasteiger charge is 2.11. The smallest absolute Gasteiger partial charge is 0.338 e. The van der Waals surface area contributed by atoms with Crippen LogP contribution in [-0.4, -0.2) is 155 Å². The van der Waals surface area contributed by atoms with E-state index in [0.717, 1.165) is 0 Å². The topological polar surface area (TPSA) is 159 Å². The first kappa shape index (κ1) is 37.9. The maximum atomic E-state index is 12.1. The van der Waals surface area contributed by atoms with Crippen LogP contribution in [0.5, 0.6) is 11.5 Å². The predicted octanol–water partition coefficient (Wildman–Crippen LogP) is 0.348. The first-order valence-electron chi connectivity index (χ1n) is 14.0. The van der Waals surface area contributed by atoms with Gasteiger partial charge in [0.2, 0.25) is 0 Å². The fourth-order valence-corrected chi connectivity index (χ4v) is 3.06. The van der Waals surface area contributed by atoms with E-state index in [1.807, 2.05) is 0 Å². The van der Waals surface area contributed by atoms with Crippen molar-refractivity contribution in [1.29, 1.82) is 0 Å². The Hall–Kier alpha value is -2.11. The lowest BCUT2D eigenvalue weighted by molar-refractivity contribution is -0.00797. The zero-order valence-corrected chi connectivity index (χ0v) is 24.7. The van der Waals surface area contributed by atoms with Gasteiger partial charge in [-0.1, -0.05) is 0 Å². The Morgan fingerprint density at radius 3 is 1.05 bits per heavy atom. The highest BCUT2D eigenvalue weighted by molar-refractivity contribution is 5.90. The summed E-state index contributed by atoms with van der Waals surface area (Å²) in [6.07, 6.45) is 0. The van der Waals surface area contributed by atoms with Gasteiger partial charge in [0.15, 0.2) is 0 Å². The molecule has 14 heteroatoms. The summed E-state index contributed by atoms with van der Waals surface area (Å²) in [5.41, 5.74) is 0.304. The van der Waals surface area contributed by atoms with E-state index in [1.54, 1.807) is 18.2 Å². The van der Waals surface area contributed by atoms with Crippen LogP contribution in [0.4, 0.5) is 0 Å². The fraction of sp³-hybridized carbons (Fsp3) is 0.750. The van der Waals surface area contributed by atoms with Gasteiger partial charge in [0.1, 0.15) is 24.7 Å². The molecular formula is C28H48O14. The van der Waals surface area contributed by atoms with E-state index in [1.165, 1.54) is 7.11 Å². The van der Waals surface area contributed by atoms with Crippen molar-refractivity contribution >= 4 is 5.97 Å². The third-order valence-electron chi connectivity index (χ3n) is 5.00. The summed E-state index contributed by atoms with van der Waals surface area (Å²) in [6.45, 7) is 7.06. The molecular weight excluding hydrogens is 560 g/mol. The average molecular weight is 609 g/mol. The van der Waals surface area contributed by atoms with E-state index in [2.05, 4.69) is 0 Å². The summed E-state index contributed by atoms with van der Waals surface area (Å²) in [5.74, 6) is 0.393. The lowest BCUT2D eigenvalue weighted by atomic mass is 10.2. The van der Waals surface area contributed by atoms with Crippen LogP contribution in [-0.2, 0) is 42.6 Å². The molecule has 42 heavy (non-hydrogen) atoms. The number of aliphatic hydroxyl groups excluding tert-OH is 2. The summed E-state index contributed by atoms with van der Waals surface area (Å²) in [6, 6.07) is 4.84. The van der Waals surface area contributed by atoms with Crippen LogP contribution in [0.2, 0.25) is 0 Å². The second-order valence-corrected chi connectivity index (χ2v) is 8.23. The molecule has 0 saturated carbocycles. The largest absolute Gasteiger partial charge is 0.491 e. The molecule has 1 aromatic carbocycles. The van der Waals surface area contributed by atoms with Crippen LogP contribution in [0, 0.1) is 0 Å². The van der Waals surface area contributed by atoms with E-state index in [4.69, 9.17) is 62.3 Å². The van der Waals surface area contributed by atoms with Crippen LogP contribution in [0.25, 0.3) is 0 Å². The van der Waals surface area contributed by atoms with Crippen molar-refractivity contribution in [2.75, 3.05) is 139 Å². The van der Waals surface area contributed by atoms with Crippen molar-refractivity contribution in [2.24, 2.45) is 0 Å². The second-order valence-electron chi connectivity index (χ2n) is 8.23. The van der Waals surface area contributed by atoms with Crippen LogP contribution in [0.1, 0.15) is 10.4 Å². The fourth-order valence-electron chi connectivity index (χ4n) is 3.06. The Morgan fingerprint density at radius 1 is 0.476 bits per heavy atom. The van der Waals surface area contributed by atoms with Gasteiger partial charge >= 0.3 is 5.97 Å². The van der Waals surface area contributed by atoms with Gasteiger partial charge in [-0.25, -0.2) is 4.79 Å². The third kappa shape index (κ3) is 22.5. The van der Waals surface area contributed by atoms with Crippen molar-refractivity contribution in [1.82, 2.24) is 0 Å². The molecule has 0 aliphatic rings. The molecule has 0 spiro atoms. The summed E-state index contributed by atoms with van der Waals surface area (Å²) in [4.78, 5) is 12.1. The number of carbonyl (C=O) groups excluding carboxylic acids is 1. The Labute approximate surface area is 247 Å². The molecule has 1 aromatic rings. The normalized spacial score (nSPS) is 11.1. The van der Waals surface area contributed by atoms with Crippen molar-refractivity contribution in [3.63, 3.8) is 0 Å². The van der Waals surface area contributed by atoms with Gasteiger partial charge in [-0.2, -0.15) is 0 Å². The van der Waals surface area contributed by atoms with Crippen LogP contribution >= 0.6 is 0 Å². The molecule has 0 amide bonds. The summed E-state index contributed by atoms with van der Waals surface area (Å²) >= 11 is 0. The molecule has 0 aromatic heterocycles. The van der Waals surface area contributed by atoms with E-state index in [-0.39, 0.29) is 26.4 Å². The molecule has 0 unspecified atom stereocenters. The first-order chi connectivity index (χ1) is 20.7. The standard InChI is InChI=1S/C28H48O14/c1-32-28(31)25-22-26(41-20-18-39-16-14-37-12-10-35-8-6-33-4-2-29)24-27(23-25)42-21-19-40-17-15-38-13-11-36-9-7-34-5-3-30/h22-24,29-30H,2-21H2,1H3. The van der Waals surface area contributed by atoms with Gasteiger partial charge in [-0.15, -0.1) is 0 Å². The van der Waals surface area contributed by atoms with Gasteiger partial charge in [-0.05, 0) is 12.1 Å². The van der Waals surface area contributed by atoms with Gasteiger partial charge in [0, 0.05) is 6.07 Å². The number of benzene rings is 1. The van der Waals surface area contributed by atoms with Crippen LogP contribution in [0.15, 0.2) is 18.2 Å². The molecule has 244 valence electrons. The average Bonchev–Trinajstić information content (AvgIpc) is 3.00. The molecule has 0 aliphatic heterocycles. The number of ether oxygens (including phenoxy) is 11. The number of aliphatic hydroxyl groups is 2. The number of esters is 1. The monoisotopic (exact) mass is 608 g/mol. The predicted molar refractivity (Wildman–Crippen MR) is 149 cm³/mol. The molecule has 14 nitrogen and oxygen atoms in total. The van der Waals surface area contributed by atoms with Crippen molar-refractivity contribution < 1.29 is 67.1 Å². The highest BCUT2D eigenvalue weighted by atomic mass is 16.6. The van der Waals surface area contributed by atoms with Crippen molar-refractivity contribution in [3.05, 3.63) is 23.8 Å². The maximum absolute atomic E-state index is 12.1. The SMILES string of the molecule is COC(=O)c1cc(OCCOCCOCCOCCOCCO)cc(OCCOCCOCCOCCOCCO)c1. The lowest BCUT2D eigenvalue weighted by Crippen LogP contribution is -2.14. The van der Waals surface area contributed by atoms with E-state index in [0.29, 0.717) is 123 Å². The molecule has 0 fully saturated rings. The number of carbonyl (C=O) groups is 1. The Morgan fingerprint density at radius 2 is 0.762 bits per heavy atom. The van der Waals surface area contributed by atoms with Gasteiger partial charge < -0.3 is 62.3 Å². The molecule has 0 radical (unpaired) electrons. The van der Waals surface area contributed by atoms with Gasteiger partial charge in [-0.3, -0.25) is 0 Å². The molecule has 0 aliphatic carbocycles. The minimum atomic E-state index is -0.504. The zero-order chi connectivity index (χ0) is 30.4. The van der Waals surface area contributed by atoms with Crippen LogP contribution in [0.3, 0.4) is 0 Å². The number of rotatable bonds is 31. The Bertz CT molecular complexity index is 701. The minimum Gasteiger partial charge on any atom is -0.491 e. The van der Waals surface area contributed by atoms with Gasteiger partial charge in [0.25, 0.3) is 0 Å². The first-order valence-corrected chi connectivity index (χ1v) is 14.0. The number of methoxy groups -OCH3 is 1. The highest BCUT2D eigenvalue weighted by Crippen LogP contribution is 2.23. The molecule has 2 N–H and O–H groups in total. The molecule has 0 heterocycles. The van der Waals surface area contributed by atoms with Crippen molar-refractivity contribution in [3.8, 4) is 11.5 Å². The Balaban J connectivity index is 2.13. The molecule has 0 bridgehead atoms. The third-order valence-corrected chi connectivity index (χ3v) is 5.00. The molecule has 0 saturated heterocycles. The van der Waals surface area contributed by atoms with Crippen molar-refractivity contribution in [2.45, 2.75) is 0 Å². The minimum absolute atomic E-state index is 0.00149. The van der Waals surface area contributed by atoms with Crippen LogP contribution < -0.4 is 9.47 Å². The number of hydrogen-bond donors (Lipinski definition) is 2. The van der Waals surface area contributed by atoms with E-state index < -0.39 is 5.97 Å². The lowest BCUT2D eigenvalue weighted by Gasteiger charge is -2.12. The summed E-state index contributed by atoms with van der Waals surface area (Å²) in [5, 5.41) is 17.2. The van der Waals surface area contributed by atoms with Gasteiger partial charge in [0.05, 0.1) is 132 Å². The number of hydrogen-bond acceptors (Lipinski definition) is 14. The molecule has 1 rings (SSSR count). The van der Waals surface area contributed by atoms with E-state index in [9.17, 15) is 4.79 Å².